The number of carbonyl (C=O) groups excluding carboxylic acids is 1. The van der Waals surface area contributed by atoms with Crippen LogP contribution in [0.1, 0.15) is 31.7 Å². The van der Waals surface area contributed by atoms with Gasteiger partial charge in [-0.15, -0.1) is 24.0 Å². The summed E-state index contributed by atoms with van der Waals surface area (Å²) in [5, 5.41) is 5.96. The van der Waals surface area contributed by atoms with E-state index >= 15 is 0 Å². The number of likely N-dealkylation sites (tertiary alicyclic amines) is 1. The van der Waals surface area contributed by atoms with E-state index in [1.54, 1.807) is 19.2 Å². The molecule has 2 rings (SSSR count). The van der Waals surface area contributed by atoms with Crippen LogP contribution in [0.15, 0.2) is 29.3 Å². The fourth-order valence-corrected chi connectivity index (χ4v) is 3.13. The first-order valence-electron chi connectivity index (χ1n) is 9.29. The number of benzene rings is 1. The summed E-state index contributed by atoms with van der Waals surface area (Å²) in [5.74, 6) is 1.42. The minimum absolute atomic E-state index is 0. The maximum absolute atomic E-state index is 12.4. The van der Waals surface area contributed by atoms with Gasteiger partial charge in [0.2, 0.25) is 5.91 Å². The number of alkyl halides is 2. The molecule has 1 aliphatic heterocycles. The highest BCUT2D eigenvalue weighted by Crippen LogP contribution is 2.21. The van der Waals surface area contributed by atoms with E-state index in [4.69, 9.17) is 0 Å². The molecule has 1 aromatic rings. The second-order valence-electron chi connectivity index (χ2n) is 6.50. The number of ether oxygens (including phenoxy) is 1. The van der Waals surface area contributed by atoms with E-state index in [1.165, 1.54) is 6.07 Å². The zero-order valence-corrected chi connectivity index (χ0v) is 18.6. The predicted molar refractivity (Wildman–Crippen MR) is 116 cm³/mol. The minimum atomic E-state index is -2.84. The molecule has 1 aliphatic rings. The number of rotatable bonds is 7. The molecule has 0 saturated carbocycles. The smallest absolute Gasteiger partial charge is 0.387 e. The van der Waals surface area contributed by atoms with Crippen molar-refractivity contribution in [2.24, 2.45) is 10.9 Å². The Hall–Kier alpha value is -1.65. The molecule has 1 aromatic carbocycles. The quantitative estimate of drug-likeness (QED) is 0.336. The van der Waals surface area contributed by atoms with Crippen molar-refractivity contribution in [2.45, 2.75) is 39.3 Å². The summed E-state index contributed by atoms with van der Waals surface area (Å²) in [6.07, 6.45) is 2.44. The van der Waals surface area contributed by atoms with Crippen LogP contribution in [0.2, 0.25) is 0 Å². The molecule has 0 radical (unpaired) electrons. The van der Waals surface area contributed by atoms with Crippen LogP contribution in [0.25, 0.3) is 0 Å². The zero-order valence-electron chi connectivity index (χ0n) is 16.3. The molecule has 1 amide bonds. The van der Waals surface area contributed by atoms with Gasteiger partial charge in [0.25, 0.3) is 0 Å². The second-order valence-corrected chi connectivity index (χ2v) is 6.50. The van der Waals surface area contributed by atoms with Crippen LogP contribution >= 0.6 is 24.0 Å². The number of amides is 1. The van der Waals surface area contributed by atoms with Crippen molar-refractivity contribution in [1.29, 1.82) is 0 Å². The standard InChI is InChI=1S/C19H28F2N4O2.HI/c1-3-23-19(25-9-7-14(8-10-25)12-17(26)22-2)24-13-15-5-4-6-16(11-15)27-18(20)21;/h4-6,11,14,18H,3,7-10,12-13H2,1-2H3,(H,22,26)(H,23,24);1H. The Labute approximate surface area is 182 Å². The van der Waals surface area contributed by atoms with E-state index in [1.807, 2.05) is 13.0 Å². The lowest BCUT2D eigenvalue weighted by Crippen LogP contribution is -2.46. The first-order chi connectivity index (χ1) is 13.0. The Morgan fingerprint density at radius 2 is 2.07 bits per heavy atom. The maximum atomic E-state index is 12.4. The number of nitrogens with zero attached hydrogens (tertiary/aromatic N) is 2. The Morgan fingerprint density at radius 1 is 1.36 bits per heavy atom. The number of carbonyl (C=O) groups is 1. The molecule has 0 bridgehead atoms. The molecule has 1 heterocycles. The van der Waals surface area contributed by atoms with Gasteiger partial charge in [0.05, 0.1) is 6.54 Å². The first-order valence-corrected chi connectivity index (χ1v) is 9.29. The van der Waals surface area contributed by atoms with Crippen LogP contribution in [-0.4, -0.2) is 50.1 Å². The lowest BCUT2D eigenvalue weighted by molar-refractivity contribution is -0.121. The van der Waals surface area contributed by atoms with Crippen molar-refractivity contribution in [3.05, 3.63) is 29.8 Å². The summed E-state index contributed by atoms with van der Waals surface area (Å²) >= 11 is 0. The first kappa shape index (κ1) is 24.4. The molecule has 6 nitrogen and oxygen atoms in total. The average molecular weight is 510 g/mol. The fourth-order valence-electron chi connectivity index (χ4n) is 3.13. The summed E-state index contributed by atoms with van der Waals surface area (Å²) in [4.78, 5) is 18.4. The molecule has 0 unspecified atom stereocenters. The van der Waals surface area contributed by atoms with Crippen molar-refractivity contribution in [3.8, 4) is 5.75 Å². The molecule has 158 valence electrons. The Morgan fingerprint density at radius 3 is 2.68 bits per heavy atom. The topological polar surface area (TPSA) is 66.0 Å². The van der Waals surface area contributed by atoms with Gasteiger partial charge in [0, 0.05) is 33.1 Å². The van der Waals surface area contributed by atoms with Gasteiger partial charge in [0.15, 0.2) is 5.96 Å². The van der Waals surface area contributed by atoms with Crippen LogP contribution < -0.4 is 15.4 Å². The Bertz CT molecular complexity index is 638. The number of guanidine groups is 1. The SMILES string of the molecule is CCNC(=NCc1cccc(OC(F)F)c1)N1CCC(CC(=O)NC)CC1.I. The van der Waals surface area contributed by atoms with Crippen LogP contribution in [0.4, 0.5) is 8.78 Å². The number of piperidine rings is 1. The summed E-state index contributed by atoms with van der Waals surface area (Å²) in [6.45, 7) is 1.96. The molecule has 28 heavy (non-hydrogen) atoms. The lowest BCUT2D eigenvalue weighted by Gasteiger charge is -2.34. The number of hydrogen-bond acceptors (Lipinski definition) is 3. The molecule has 9 heteroatoms. The molecule has 0 spiro atoms. The van der Waals surface area contributed by atoms with Crippen molar-refractivity contribution in [1.82, 2.24) is 15.5 Å². The van der Waals surface area contributed by atoms with Crippen LogP contribution in [0, 0.1) is 5.92 Å². The molecule has 1 fully saturated rings. The van der Waals surface area contributed by atoms with Gasteiger partial charge in [-0.3, -0.25) is 4.79 Å². The average Bonchev–Trinajstić information content (AvgIpc) is 2.65. The molecule has 2 N–H and O–H groups in total. The van der Waals surface area contributed by atoms with E-state index in [2.05, 4.69) is 25.3 Å². The van der Waals surface area contributed by atoms with E-state index in [-0.39, 0.29) is 35.6 Å². The molecule has 0 atom stereocenters. The lowest BCUT2D eigenvalue weighted by atomic mass is 9.93. The van der Waals surface area contributed by atoms with Crippen molar-refractivity contribution in [3.63, 3.8) is 0 Å². The molecular weight excluding hydrogens is 481 g/mol. The summed E-state index contributed by atoms with van der Waals surface area (Å²) < 4.78 is 29.1. The third kappa shape index (κ3) is 8.15. The van der Waals surface area contributed by atoms with Crippen LogP contribution in [0.3, 0.4) is 0 Å². The molecule has 0 aromatic heterocycles. The van der Waals surface area contributed by atoms with Gasteiger partial charge in [-0.1, -0.05) is 12.1 Å². The van der Waals surface area contributed by atoms with Gasteiger partial charge in [-0.05, 0) is 43.4 Å². The maximum Gasteiger partial charge on any atom is 0.387 e. The largest absolute Gasteiger partial charge is 0.435 e. The van der Waals surface area contributed by atoms with Gasteiger partial charge >= 0.3 is 6.61 Å². The van der Waals surface area contributed by atoms with E-state index < -0.39 is 6.61 Å². The normalized spacial score (nSPS) is 15.2. The summed E-state index contributed by atoms with van der Waals surface area (Å²) in [5.41, 5.74) is 0.804. The Kier molecular flexibility index (Phi) is 11.1. The van der Waals surface area contributed by atoms with Crippen molar-refractivity contribution in [2.75, 3.05) is 26.7 Å². The Balaban J connectivity index is 0.00000392. The van der Waals surface area contributed by atoms with E-state index in [9.17, 15) is 13.6 Å². The van der Waals surface area contributed by atoms with Gasteiger partial charge in [-0.25, -0.2) is 4.99 Å². The second kappa shape index (κ2) is 12.7. The van der Waals surface area contributed by atoms with Crippen molar-refractivity contribution >= 4 is 35.8 Å². The molecular formula is C19H29F2IN4O2. The van der Waals surface area contributed by atoms with E-state index in [0.29, 0.717) is 18.9 Å². The fraction of sp³-hybridized carbons (Fsp3) is 0.579. The zero-order chi connectivity index (χ0) is 19.6. The van der Waals surface area contributed by atoms with Gasteiger partial charge < -0.3 is 20.3 Å². The van der Waals surface area contributed by atoms with Crippen LogP contribution in [-0.2, 0) is 11.3 Å². The highest BCUT2D eigenvalue weighted by molar-refractivity contribution is 14.0. The van der Waals surface area contributed by atoms with Gasteiger partial charge in [0.1, 0.15) is 5.75 Å². The number of hydrogen-bond donors (Lipinski definition) is 2. The monoisotopic (exact) mass is 510 g/mol. The van der Waals surface area contributed by atoms with E-state index in [0.717, 1.165) is 44.0 Å². The molecule has 1 saturated heterocycles. The highest BCUT2D eigenvalue weighted by Gasteiger charge is 2.23. The highest BCUT2D eigenvalue weighted by atomic mass is 127. The molecule has 0 aliphatic carbocycles. The summed E-state index contributed by atoms with van der Waals surface area (Å²) in [7, 11) is 1.66. The third-order valence-corrected chi connectivity index (χ3v) is 4.54. The van der Waals surface area contributed by atoms with Crippen LogP contribution in [0.5, 0.6) is 5.75 Å². The number of nitrogens with one attached hydrogen (secondary N) is 2. The number of halogens is 3. The predicted octanol–water partition coefficient (Wildman–Crippen LogP) is 3.22. The minimum Gasteiger partial charge on any atom is -0.435 e. The number of aliphatic imine (C=N–C) groups is 1. The van der Waals surface area contributed by atoms with Crippen molar-refractivity contribution < 1.29 is 18.3 Å². The third-order valence-electron chi connectivity index (χ3n) is 4.54. The van der Waals surface area contributed by atoms with Gasteiger partial charge in [-0.2, -0.15) is 8.78 Å². The summed E-state index contributed by atoms with van der Waals surface area (Å²) in [6, 6.07) is 6.59.